The molecule has 0 spiro atoms. The molecule has 0 nitrogen and oxygen atoms in total. The van der Waals surface area contributed by atoms with Crippen LogP contribution in [0, 0.1) is 33.8 Å². The molecule has 0 unspecified atom stereocenters. The molecule has 0 radical (unpaired) electrons. The molecule has 0 aromatic rings. The Hall–Kier alpha value is 0.194. The number of rotatable bonds is 0. The van der Waals surface area contributed by atoms with E-state index in [2.05, 4.69) is 32.9 Å². The standard InChI is InChI=1S/C8H11.3CH3.Ti/c1-7-5-4-6-8(7,2)3;;;;/h4,6H,1-3H3;3*1H3;/q4*-1;+4. The van der Waals surface area contributed by atoms with Crippen LogP contribution in [0.2, 0.25) is 0 Å². The predicted octanol–water partition coefficient (Wildman–Crippen LogP) is 3.68. The quantitative estimate of drug-likeness (QED) is 0.413. The van der Waals surface area contributed by atoms with Gasteiger partial charge in [-0.05, 0) is 0 Å². The molecule has 0 saturated heterocycles. The Morgan fingerprint density at radius 1 is 1.17 bits per heavy atom. The van der Waals surface area contributed by atoms with Gasteiger partial charge in [0.15, 0.2) is 0 Å². The van der Waals surface area contributed by atoms with Crippen LogP contribution < -0.4 is 0 Å². The number of hydrogen-bond acceptors (Lipinski definition) is 0. The van der Waals surface area contributed by atoms with Crippen LogP contribution in [0.15, 0.2) is 17.7 Å². The van der Waals surface area contributed by atoms with Crippen molar-refractivity contribution in [3.8, 4) is 0 Å². The van der Waals surface area contributed by atoms with Crippen molar-refractivity contribution < 1.29 is 21.7 Å². The first-order valence-corrected chi connectivity index (χ1v) is 2.91. The molecule has 0 amide bonds. The van der Waals surface area contributed by atoms with Gasteiger partial charge in [0.2, 0.25) is 0 Å². The molecule has 0 fully saturated rings. The van der Waals surface area contributed by atoms with E-state index in [0.29, 0.717) is 0 Å². The van der Waals surface area contributed by atoms with E-state index in [-0.39, 0.29) is 49.4 Å². The largest absolute Gasteiger partial charge is 4.00 e. The van der Waals surface area contributed by atoms with Crippen LogP contribution in [0.5, 0.6) is 0 Å². The van der Waals surface area contributed by atoms with E-state index >= 15 is 0 Å². The Balaban J connectivity index is -0.0000000800. The summed E-state index contributed by atoms with van der Waals surface area (Å²) in [5, 5.41) is 0. The maximum atomic E-state index is 3.15. The minimum Gasteiger partial charge on any atom is -0.358 e. The zero-order valence-electron chi connectivity index (χ0n) is 9.15. The third-order valence-electron chi connectivity index (χ3n) is 1.77. The summed E-state index contributed by atoms with van der Waals surface area (Å²) in [5.41, 5.74) is 1.61. The van der Waals surface area contributed by atoms with E-state index in [9.17, 15) is 0 Å². The van der Waals surface area contributed by atoms with Crippen molar-refractivity contribution >= 4 is 0 Å². The first-order chi connectivity index (χ1) is 3.63. The van der Waals surface area contributed by atoms with Crippen LogP contribution in [-0.4, -0.2) is 0 Å². The maximum absolute atomic E-state index is 3.15. The molecular formula is C11H20Ti. The Bertz CT molecular complexity index is 152. The van der Waals surface area contributed by atoms with E-state index in [1.807, 2.05) is 6.08 Å². The van der Waals surface area contributed by atoms with Gasteiger partial charge in [-0.1, -0.05) is 26.2 Å². The maximum Gasteiger partial charge on any atom is 4.00 e. The summed E-state index contributed by atoms with van der Waals surface area (Å²) < 4.78 is 0. The zero-order chi connectivity index (χ0) is 6.20. The van der Waals surface area contributed by atoms with Crippen molar-refractivity contribution in [1.82, 2.24) is 0 Å². The Morgan fingerprint density at radius 3 is 1.67 bits per heavy atom. The van der Waals surface area contributed by atoms with Crippen molar-refractivity contribution in [2.45, 2.75) is 20.8 Å². The van der Waals surface area contributed by atoms with Gasteiger partial charge in [-0.3, -0.25) is 6.08 Å². The fraction of sp³-hybridized carbons (Fsp3) is 0.364. The Labute approximate surface area is 94.0 Å². The minimum atomic E-state index is 0. The summed E-state index contributed by atoms with van der Waals surface area (Å²) in [6, 6.07) is 0. The minimum absolute atomic E-state index is 0. The van der Waals surface area contributed by atoms with E-state index in [1.165, 1.54) is 5.57 Å². The van der Waals surface area contributed by atoms with E-state index in [0.717, 1.165) is 0 Å². The van der Waals surface area contributed by atoms with Gasteiger partial charge < -0.3 is 22.3 Å². The molecule has 1 heteroatoms. The molecule has 0 aromatic heterocycles. The monoisotopic (exact) mass is 200 g/mol. The van der Waals surface area contributed by atoms with Crippen molar-refractivity contribution in [3.63, 3.8) is 0 Å². The van der Waals surface area contributed by atoms with Crippen LogP contribution in [-0.2, 0) is 21.7 Å². The summed E-state index contributed by atoms with van der Waals surface area (Å²) in [4.78, 5) is 0. The van der Waals surface area contributed by atoms with Gasteiger partial charge >= 0.3 is 21.7 Å². The van der Waals surface area contributed by atoms with Crippen molar-refractivity contribution in [3.05, 3.63) is 46.1 Å². The van der Waals surface area contributed by atoms with Gasteiger partial charge in [-0.15, -0.1) is 0 Å². The van der Waals surface area contributed by atoms with Crippen molar-refractivity contribution in [2.24, 2.45) is 5.41 Å². The predicted molar refractivity (Wildman–Crippen MR) is 54.6 cm³/mol. The SMILES string of the molecule is CC1=[C-]C=CC1(C)C.[CH3-].[CH3-].[CH3-].[Ti+4]. The molecular weight excluding hydrogens is 180 g/mol. The molecule has 0 atom stereocenters. The summed E-state index contributed by atoms with van der Waals surface area (Å²) >= 11 is 0. The van der Waals surface area contributed by atoms with Crippen molar-refractivity contribution in [1.29, 1.82) is 0 Å². The molecule has 1 aliphatic carbocycles. The fourth-order valence-corrected chi connectivity index (χ4v) is 0.686. The average molecular weight is 200 g/mol. The molecule has 68 valence electrons. The summed E-state index contributed by atoms with van der Waals surface area (Å²) in [7, 11) is 0. The molecule has 0 bridgehead atoms. The summed E-state index contributed by atoms with van der Waals surface area (Å²) in [6.07, 6.45) is 7.31. The molecule has 0 heterocycles. The van der Waals surface area contributed by atoms with Gasteiger partial charge in [0.05, 0.1) is 0 Å². The molecule has 0 saturated carbocycles. The Morgan fingerprint density at radius 2 is 1.58 bits per heavy atom. The van der Waals surface area contributed by atoms with Gasteiger partial charge in [0, 0.05) is 0 Å². The molecule has 1 aliphatic rings. The fourth-order valence-electron chi connectivity index (χ4n) is 0.686. The molecule has 0 aliphatic heterocycles. The van der Waals surface area contributed by atoms with E-state index in [4.69, 9.17) is 0 Å². The van der Waals surface area contributed by atoms with Gasteiger partial charge in [0.1, 0.15) is 0 Å². The molecule has 0 aromatic carbocycles. The van der Waals surface area contributed by atoms with Crippen LogP contribution in [0.25, 0.3) is 0 Å². The average Bonchev–Trinajstić information content (AvgIpc) is 1.86. The van der Waals surface area contributed by atoms with Crippen molar-refractivity contribution in [2.75, 3.05) is 0 Å². The van der Waals surface area contributed by atoms with Gasteiger partial charge in [-0.25, -0.2) is 12.2 Å². The summed E-state index contributed by atoms with van der Waals surface area (Å²) in [5.74, 6) is 0. The van der Waals surface area contributed by atoms with Crippen LogP contribution in [0.1, 0.15) is 20.8 Å². The Kier molecular flexibility index (Phi) is 14.8. The zero-order valence-corrected chi connectivity index (χ0v) is 10.7. The van der Waals surface area contributed by atoms with Crippen LogP contribution in [0.3, 0.4) is 0 Å². The number of hydrogen-bond donors (Lipinski definition) is 0. The first kappa shape index (κ1) is 22.8. The smallest absolute Gasteiger partial charge is 0.358 e. The second kappa shape index (κ2) is 7.82. The van der Waals surface area contributed by atoms with E-state index in [1.54, 1.807) is 0 Å². The molecule has 12 heavy (non-hydrogen) atoms. The second-order valence-electron chi connectivity index (χ2n) is 2.82. The second-order valence-corrected chi connectivity index (χ2v) is 2.82. The van der Waals surface area contributed by atoms with Crippen LogP contribution >= 0.6 is 0 Å². The van der Waals surface area contributed by atoms with Gasteiger partial charge in [0.25, 0.3) is 0 Å². The van der Waals surface area contributed by atoms with E-state index < -0.39 is 0 Å². The molecule has 0 N–H and O–H groups in total. The third-order valence-corrected chi connectivity index (χ3v) is 1.77. The number of allylic oxidation sites excluding steroid dienone is 4. The van der Waals surface area contributed by atoms with Gasteiger partial charge in [-0.2, -0.15) is 5.57 Å². The summed E-state index contributed by atoms with van der Waals surface area (Å²) in [6.45, 7) is 6.50. The molecule has 1 rings (SSSR count). The first-order valence-electron chi connectivity index (χ1n) is 2.91. The normalized spacial score (nSPS) is 15.8. The third kappa shape index (κ3) is 4.95. The topological polar surface area (TPSA) is 0 Å². The van der Waals surface area contributed by atoms with Crippen LogP contribution in [0.4, 0.5) is 0 Å².